The van der Waals surface area contributed by atoms with E-state index in [-0.39, 0.29) is 18.5 Å². The lowest BCUT2D eigenvalue weighted by Gasteiger charge is -2.24. The van der Waals surface area contributed by atoms with Crippen LogP contribution >= 0.6 is 0 Å². The van der Waals surface area contributed by atoms with Crippen molar-refractivity contribution in [2.75, 3.05) is 14.2 Å². The van der Waals surface area contributed by atoms with E-state index in [0.29, 0.717) is 18.9 Å². The van der Waals surface area contributed by atoms with Gasteiger partial charge in [0.1, 0.15) is 5.75 Å². The molecule has 0 fully saturated rings. The third kappa shape index (κ3) is 7.04. The molecule has 0 aliphatic carbocycles. The van der Waals surface area contributed by atoms with Crippen LogP contribution in [0.15, 0.2) is 24.3 Å². The standard InChI is InChI=1S/C17H26N2O4/c1-12(2)9-14(10-16(20)21)18-17(22)19(3)11-13-5-7-15(23-4)8-6-13/h5-8,12,14H,9-11H2,1-4H3,(H,18,22)(H,20,21). The van der Waals surface area contributed by atoms with Crippen molar-refractivity contribution in [3.63, 3.8) is 0 Å². The first-order valence-corrected chi connectivity index (χ1v) is 7.68. The molecule has 0 aromatic heterocycles. The van der Waals surface area contributed by atoms with Crippen LogP contribution in [0.5, 0.6) is 5.75 Å². The second kappa shape index (κ2) is 9.02. The summed E-state index contributed by atoms with van der Waals surface area (Å²) in [7, 11) is 3.29. The molecule has 1 aromatic rings. The molecular formula is C17H26N2O4. The zero-order valence-corrected chi connectivity index (χ0v) is 14.2. The van der Waals surface area contributed by atoms with Crippen molar-refractivity contribution in [3.8, 4) is 5.75 Å². The number of aliphatic carboxylic acids is 1. The number of amides is 2. The maximum atomic E-state index is 12.2. The van der Waals surface area contributed by atoms with Crippen LogP contribution < -0.4 is 10.1 Å². The highest BCUT2D eigenvalue weighted by molar-refractivity contribution is 5.75. The fourth-order valence-corrected chi connectivity index (χ4v) is 2.33. The van der Waals surface area contributed by atoms with Crippen LogP contribution in [0, 0.1) is 5.92 Å². The number of rotatable bonds is 8. The SMILES string of the molecule is COc1ccc(CN(C)C(=O)NC(CC(=O)O)CC(C)C)cc1. The van der Waals surface area contributed by atoms with Crippen LogP contribution in [0.25, 0.3) is 0 Å². The number of hydrogen-bond donors (Lipinski definition) is 2. The number of carboxylic acids is 1. The van der Waals surface area contributed by atoms with Crippen molar-refractivity contribution in [2.45, 2.75) is 39.3 Å². The van der Waals surface area contributed by atoms with Gasteiger partial charge in [0.05, 0.1) is 13.5 Å². The largest absolute Gasteiger partial charge is 0.497 e. The Hall–Kier alpha value is -2.24. The van der Waals surface area contributed by atoms with Gasteiger partial charge in [0.25, 0.3) is 0 Å². The second-order valence-corrected chi connectivity index (χ2v) is 6.08. The first-order valence-electron chi connectivity index (χ1n) is 7.68. The van der Waals surface area contributed by atoms with E-state index in [4.69, 9.17) is 9.84 Å². The van der Waals surface area contributed by atoms with Crippen molar-refractivity contribution >= 4 is 12.0 Å². The minimum atomic E-state index is -0.909. The molecule has 128 valence electrons. The predicted molar refractivity (Wildman–Crippen MR) is 88.5 cm³/mol. The van der Waals surface area contributed by atoms with Gasteiger partial charge in [-0.15, -0.1) is 0 Å². The molecule has 6 heteroatoms. The van der Waals surface area contributed by atoms with Crippen LogP contribution in [-0.4, -0.2) is 42.2 Å². The molecule has 1 unspecified atom stereocenters. The Morgan fingerprint density at radius 1 is 1.26 bits per heavy atom. The van der Waals surface area contributed by atoms with Gasteiger partial charge in [0.2, 0.25) is 0 Å². The minimum absolute atomic E-state index is 0.0692. The average molecular weight is 322 g/mol. The highest BCUT2D eigenvalue weighted by atomic mass is 16.5. The Morgan fingerprint density at radius 2 is 1.87 bits per heavy atom. The van der Waals surface area contributed by atoms with Gasteiger partial charge in [-0.25, -0.2) is 4.79 Å². The van der Waals surface area contributed by atoms with E-state index < -0.39 is 5.97 Å². The number of hydrogen-bond acceptors (Lipinski definition) is 3. The van der Waals surface area contributed by atoms with Gasteiger partial charge in [-0.1, -0.05) is 26.0 Å². The quantitative estimate of drug-likeness (QED) is 0.771. The monoisotopic (exact) mass is 322 g/mol. The number of ether oxygens (including phenoxy) is 1. The zero-order chi connectivity index (χ0) is 17.4. The molecule has 1 atom stereocenters. The van der Waals surface area contributed by atoms with Crippen molar-refractivity contribution in [1.82, 2.24) is 10.2 Å². The molecule has 0 saturated carbocycles. The fourth-order valence-electron chi connectivity index (χ4n) is 2.33. The number of carbonyl (C=O) groups excluding carboxylic acids is 1. The third-order valence-corrected chi connectivity index (χ3v) is 3.43. The lowest BCUT2D eigenvalue weighted by Crippen LogP contribution is -2.44. The Balaban J connectivity index is 2.60. The van der Waals surface area contributed by atoms with E-state index in [2.05, 4.69) is 5.32 Å². The highest BCUT2D eigenvalue weighted by Gasteiger charge is 2.19. The smallest absolute Gasteiger partial charge is 0.317 e. The number of carbonyl (C=O) groups is 2. The first kappa shape index (κ1) is 18.8. The second-order valence-electron chi connectivity index (χ2n) is 6.08. The lowest BCUT2D eigenvalue weighted by atomic mass is 10.0. The van der Waals surface area contributed by atoms with Crippen molar-refractivity contribution in [2.24, 2.45) is 5.92 Å². The number of nitrogens with one attached hydrogen (secondary N) is 1. The Morgan fingerprint density at radius 3 is 2.35 bits per heavy atom. The molecule has 23 heavy (non-hydrogen) atoms. The average Bonchev–Trinajstić information content (AvgIpc) is 2.46. The van der Waals surface area contributed by atoms with Crippen molar-refractivity contribution in [3.05, 3.63) is 29.8 Å². The van der Waals surface area contributed by atoms with E-state index in [1.807, 2.05) is 38.1 Å². The van der Waals surface area contributed by atoms with Gasteiger partial charge in [-0.2, -0.15) is 0 Å². The molecular weight excluding hydrogens is 296 g/mol. The molecule has 0 saturated heterocycles. The summed E-state index contributed by atoms with van der Waals surface area (Å²) in [5.41, 5.74) is 0.974. The summed E-state index contributed by atoms with van der Waals surface area (Å²) in [5.74, 6) is 0.166. The van der Waals surface area contributed by atoms with Crippen molar-refractivity contribution in [1.29, 1.82) is 0 Å². The predicted octanol–water partition coefficient (Wildman–Crippen LogP) is 2.73. The third-order valence-electron chi connectivity index (χ3n) is 3.43. The van der Waals surface area contributed by atoms with E-state index in [1.54, 1.807) is 14.2 Å². The molecule has 1 aromatic carbocycles. The van der Waals surface area contributed by atoms with Crippen LogP contribution in [-0.2, 0) is 11.3 Å². The Kier molecular flexibility index (Phi) is 7.38. The van der Waals surface area contributed by atoms with Gasteiger partial charge in [0.15, 0.2) is 0 Å². The van der Waals surface area contributed by atoms with Crippen LogP contribution in [0.3, 0.4) is 0 Å². The number of nitrogens with zero attached hydrogens (tertiary/aromatic N) is 1. The normalized spacial score (nSPS) is 11.9. The van der Waals surface area contributed by atoms with Gasteiger partial charge >= 0.3 is 12.0 Å². The summed E-state index contributed by atoms with van der Waals surface area (Å²) in [6.07, 6.45) is 0.564. The van der Waals surface area contributed by atoms with Crippen LogP contribution in [0.1, 0.15) is 32.3 Å². The molecule has 0 heterocycles. The Bertz CT molecular complexity index is 514. The number of methoxy groups -OCH3 is 1. The Labute approximate surface area is 137 Å². The molecule has 0 aliphatic heterocycles. The van der Waals surface area contributed by atoms with E-state index >= 15 is 0 Å². The molecule has 2 N–H and O–H groups in total. The molecule has 0 bridgehead atoms. The first-order chi connectivity index (χ1) is 10.8. The summed E-state index contributed by atoms with van der Waals surface area (Å²) >= 11 is 0. The van der Waals surface area contributed by atoms with Crippen molar-refractivity contribution < 1.29 is 19.4 Å². The molecule has 1 rings (SSSR count). The van der Waals surface area contributed by atoms with E-state index in [1.165, 1.54) is 4.90 Å². The molecule has 0 aliphatic rings. The summed E-state index contributed by atoms with van der Waals surface area (Å²) in [5, 5.41) is 11.8. The highest BCUT2D eigenvalue weighted by Crippen LogP contribution is 2.13. The molecule has 0 spiro atoms. The fraction of sp³-hybridized carbons (Fsp3) is 0.529. The maximum absolute atomic E-state index is 12.2. The minimum Gasteiger partial charge on any atom is -0.497 e. The lowest BCUT2D eigenvalue weighted by molar-refractivity contribution is -0.137. The van der Waals surface area contributed by atoms with Crippen LogP contribution in [0.4, 0.5) is 4.79 Å². The van der Waals surface area contributed by atoms with Gasteiger partial charge in [0, 0.05) is 19.6 Å². The van der Waals surface area contributed by atoms with Gasteiger partial charge in [-0.3, -0.25) is 4.79 Å². The summed E-state index contributed by atoms with van der Waals surface area (Å²) in [6.45, 7) is 4.45. The van der Waals surface area contributed by atoms with Gasteiger partial charge < -0.3 is 20.1 Å². The van der Waals surface area contributed by atoms with E-state index in [9.17, 15) is 9.59 Å². The maximum Gasteiger partial charge on any atom is 0.317 e. The van der Waals surface area contributed by atoms with E-state index in [0.717, 1.165) is 11.3 Å². The molecule has 6 nitrogen and oxygen atoms in total. The summed E-state index contributed by atoms with van der Waals surface area (Å²) in [6, 6.07) is 6.84. The number of urea groups is 1. The van der Waals surface area contributed by atoms with Crippen LogP contribution in [0.2, 0.25) is 0 Å². The zero-order valence-electron chi connectivity index (χ0n) is 14.2. The summed E-state index contributed by atoms with van der Waals surface area (Å²) in [4.78, 5) is 24.7. The number of carboxylic acid groups (broad SMARTS) is 1. The topological polar surface area (TPSA) is 78.9 Å². The number of benzene rings is 1. The van der Waals surface area contributed by atoms with Gasteiger partial charge in [-0.05, 0) is 30.0 Å². The molecule has 0 radical (unpaired) electrons. The molecule has 2 amide bonds. The summed E-state index contributed by atoms with van der Waals surface area (Å²) < 4.78 is 5.10.